The van der Waals surface area contributed by atoms with Gasteiger partial charge < -0.3 is 15.3 Å². The molecule has 0 radical (unpaired) electrons. The molecule has 0 amide bonds. The van der Waals surface area contributed by atoms with Crippen molar-refractivity contribution < 1.29 is 5.11 Å². The number of aliphatic hydroxyl groups is 1. The lowest BCUT2D eigenvalue weighted by molar-refractivity contribution is 0.187. The Morgan fingerprint density at radius 3 is 2.53 bits per heavy atom. The third-order valence-corrected chi connectivity index (χ3v) is 3.23. The lowest BCUT2D eigenvalue weighted by Crippen LogP contribution is -2.26. The number of hydrogen-bond donors (Lipinski definition) is 2. The van der Waals surface area contributed by atoms with Crippen LogP contribution < -0.4 is 10.2 Å². The van der Waals surface area contributed by atoms with Gasteiger partial charge in [-0.1, -0.05) is 31.5 Å². The largest absolute Gasteiger partial charge is 0.393 e. The van der Waals surface area contributed by atoms with Crippen LogP contribution in [0.5, 0.6) is 0 Å². The van der Waals surface area contributed by atoms with Gasteiger partial charge in [0.25, 0.3) is 0 Å². The van der Waals surface area contributed by atoms with Crippen LogP contribution in [0.25, 0.3) is 0 Å². The molecule has 19 heavy (non-hydrogen) atoms. The molecule has 1 aromatic carbocycles. The minimum absolute atomic E-state index is 0.245. The van der Waals surface area contributed by atoms with E-state index < -0.39 is 0 Å². The predicted molar refractivity (Wildman–Crippen MR) is 82.7 cm³/mol. The van der Waals surface area contributed by atoms with E-state index in [-0.39, 0.29) is 6.10 Å². The SMILES string of the molecule is Cc1ccc(N(C)CCC(C)O)c(CNC(C)C)c1. The molecule has 1 unspecified atom stereocenters. The summed E-state index contributed by atoms with van der Waals surface area (Å²) in [7, 11) is 2.09. The number of nitrogens with zero attached hydrogens (tertiary/aromatic N) is 1. The first kappa shape index (κ1) is 16.0. The Morgan fingerprint density at radius 2 is 1.95 bits per heavy atom. The number of nitrogens with one attached hydrogen (secondary N) is 1. The van der Waals surface area contributed by atoms with Gasteiger partial charge in [-0.05, 0) is 31.9 Å². The van der Waals surface area contributed by atoms with Crippen LogP contribution in [-0.4, -0.2) is 30.8 Å². The maximum atomic E-state index is 9.40. The molecule has 0 aromatic heterocycles. The van der Waals surface area contributed by atoms with Crippen LogP contribution >= 0.6 is 0 Å². The summed E-state index contributed by atoms with van der Waals surface area (Å²) in [5.41, 5.74) is 3.86. The Hall–Kier alpha value is -1.06. The Morgan fingerprint density at radius 1 is 1.26 bits per heavy atom. The van der Waals surface area contributed by atoms with Crippen LogP contribution in [0, 0.1) is 6.92 Å². The van der Waals surface area contributed by atoms with Gasteiger partial charge in [0.2, 0.25) is 0 Å². The molecule has 1 rings (SSSR count). The fourth-order valence-corrected chi connectivity index (χ4v) is 2.04. The van der Waals surface area contributed by atoms with Gasteiger partial charge >= 0.3 is 0 Å². The average Bonchev–Trinajstić information content (AvgIpc) is 2.33. The first-order chi connectivity index (χ1) is 8.90. The molecule has 0 aliphatic carbocycles. The molecule has 0 saturated heterocycles. The van der Waals surface area contributed by atoms with Crippen LogP contribution in [-0.2, 0) is 6.54 Å². The van der Waals surface area contributed by atoms with Crippen molar-refractivity contribution in [2.24, 2.45) is 0 Å². The highest BCUT2D eigenvalue weighted by Crippen LogP contribution is 2.21. The maximum Gasteiger partial charge on any atom is 0.0528 e. The summed E-state index contributed by atoms with van der Waals surface area (Å²) in [6.45, 7) is 10.0. The summed E-state index contributed by atoms with van der Waals surface area (Å²) in [6.07, 6.45) is 0.548. The zero-order valence-corrected chi connectivity index (χ0v) is 12.9. The monoisotopic (exact) mass is 264 g/mol. The molecule has 3 nitrogen and oxygen atoms in total. The number of aliphatic hydroxyl groups excluding tert-OH is 1. The highest BCUT2D eigenvalue weighted by molar-refractivity contribution is 5.54. The van der Waals surface area contributed by atoms with Crippen LogP contribution in [0.4, 0.5) is 5.69 Å². The topological polar surface area (TPSA) is 35.5 Å². The zero-order valence-electron chi connectivity index (χ0n) is 12.9. The Bertz CT molecular complexity index is 388. The Labute approximate surface area is 117 Å². The number of anilines is 1. The fourth-order valence-electron chi connectivity index (χ4n) is 2.04. The van der Waals surface area contributed by atoms with Crippen LogP contribution in [0.3, 0.4) is 0 Å². The van der Waals surface area contributed by atoms with E-state index >= 15 is 0 Å². The van der Waals surface area contributed by atoms with Crippen molar-refractivity contribution in [2.75, 3.05) is 18.5 Å². The number of hydrogen-bond acceptors (Lipinski definition) is 3. The van der Waals surface area contributed by atoms with Crippen LogP contribution in [0.15, 0.2) is 18.2 Å². The van der Waals surface area contributed by atoms with Gasteiger partial charge in [-0.3, -0.25) is 0 Å². The highest BCUT2D eigenvalue weighted by atomic mass is 16.3. The molecule has 0 spiro atoms. The highest BCUT2D eigenvalue weighted by Gasteiger charge is 2.09. The minimum Gasteiger partial charge on any atom is -0.393 e. The van der Waals surface area contributed by atoms with Crippen molar-refractivity contribution in [3.05, 3.63) is 29.3 Å². The van der Waals surface area contributed by atoms with Crippen molar-refractivity contribution in [1.82, 2.24) is 5.32 Å². The molecule has 0 aliphatic rings. The summed E-state index contributed by atoms with van der Waals surface area (Å²) in [4.78, 5) is 2.23. The second kappa shape index (κ2) is 7.51. The van der Waals surface area contributed by atoms with E-state index in [4.69, 9.17) is 0 Å². The molecule has 2 N–H and O–H groups in total. The minimum atomic E-state index is -0.245. The summed E-state index contributed by atoms with van der Waals surface area (Å²) < 4.78 is 0. The van der Waals surface area contributed by atoms with E-state index in [1.54, 1.807) is 0 Å². The Kier molecular flexibility index (Phi) is 6.32. The summed E-state index contributed by atoms with van der Waals surface area (Å²) in [6, 6.07) is 7.04. The van der Waals surface area contributed by atoms with Crippen molar-refractivity contribution in [3.63, 3.8) is 0 Å². The summed E-state index contributed by atoms with van der Waals surface area (Å²) in [5, 5.41) is 12.9. The average molecular weight is 264 g/mol. The fraction of sp³-hybridized carbons (Fsp3) is 0.625. The van der Waals surface area contributed by atoms with E-state index in [2.05, 4.69) is 56.2 Å². The molecule has 0 aliphatic heterocycles. The molecule has 1 atom stereocenters. The quantitative estimate of drug-likeness (QED) is 0.795. The second-order valence-corrected chi connectivity index (χ2v) is 5.73. The molecule has 1 aromatic rings. The van der Waals surface area contributed by atoms with Crippen molar-refractivity contribution in [1.29, 1.82) is 0 Å². The van der Waals surface area contributed by atoms with E-state index in [0.29, 0.717) is 6.04 Å². The molecule has 0 saturated carbocycles. The van der Waals surface area contributed by atoms with Gasteiger partial charge in [0.1, 0.15) is 0 Å². The van der Waals surface area contributed by atoms with Gasteiger partial charge in [-0.15, -0.1) is 0 Å². The first-order valence-corrected chi connectivity index (χ1v) is 7.12. The predicted octanol–water partition coefficient (Wildman–Crippen LogP) is 2.70. The molecular weight excluding hydrogens is 236 g/mol. The van der Waals surface area contributed by atoms with Crippen molar-refractivity contribution >= 4 is 5.69 Å². The van der Waals surface area contributed by atoms with Gasteiger partial charge in [0.15, 0.2) is 0 Å². The van der Waals surface area contributed by atoms with Gasteiger partial charge in [-0.2, -0.15) is 0 Å². The molecule has 0 fully saturated rings. The molecule has 3 heteroatoms. The number of aryl methyl sites for hydroxylation is 1. The zero-order chi connectivity index (χ0) is 14.4. The van der Waals surface area contributed by atoms with Gasteiger partial charge in [-0.25, -0.2) is 0 Å². The van der Waals surface area contributed by atoms with Crippen molar-refractivity contribution in [3.8, 4) is 0 Å². The standard InChI is InChI=1S/C16H28N2O/c1-12(2)17-11-15-10-13(3)6-7-16(15)18(5)9-8-14(4)19/h6-7,10,12,14,17,19H,8-9,11H2,1-5H3. The summed E-state index contributed by atoms with van der Waals surface area (Å²) in [5.74, 6) is 0. The van der Waals surface area contributed by atoms with E-state index in [1.807, 2.05) is 6.92 Å². The third kappa shape index (κ3) is 5.62. The smallest absolute Gasteiger partial charge is 0.0528 e. The lowest BCUT2D eigenvalue weighted by atomic mass is 10.1. The third-order valence-electron chi connectivity index (χ3n) is 3.23. The van der Waals surface area contributed by atoms with Gasteiger partial charge in [0, 0.05) is 31.9 Å². The van der Waals surface area contributed by atoms with Crippen molar-refractivity contribution in [2.45, 2.75) is 52.8 Å². The maximum absolute atomic E-state index is 9.40. The molecule has 0 bridgehead atoms. The molecule has 0 heterocycles. The van der Waals surface area contributed by atoms with Crippen LogP contribution in [0.2, 0.25) is 0 Å². The molecule has 108 valence electrons. The van der Waals surface area contributed by atoms with E-state index in [9.17, 15) is 5.11 Å². The van der Waals surface area contributed by atoms with E-state index in [1.165, 1.54) is 16.8 Å². The first-order valence-electron chi connectivity index (χ1n) is 7.12. The number of benzene rings is 1. The normalized spacial score (nSPS) is 12.8. The lowest BCUT2D eigenvalue weighted by Gasteiger charge is -2.24. The Balaban J connectivity index is 2.79. The summed E-state index contributed by atoms with van der Waals surface area (Å²) >= 11 is 0. The number of rotatable bonds is 7. The van der Waals surface area contributed by atoms with Gasteiger partial charge in [0.05, 0.1) is 6.10 Å². The van der Waals surface area contributed by atoms with Crippen LogP contribution in [0.1, 0.15) is 38.3 Å². The molecular formula is C16H28N2O. The second-order valence-electron chi connectivity index (χ2n) is 5.73. The van der Waals surface area contributed by atoms with E-state index in [0.717, 1.165) is 19.5 Å².